The summed E-state index contributed by atoms with van der Waals surface area (Å²) in [7, 11) is 0. The largest absolute Gasteiger partial charge is 0.425 e. The monoisotopic (exact) mass is 274 g/mol. The lowest BCUT2D eigenvalue weighted by Gasteiger charge is -2.03. The molecular weight excluding hydrogens is 269 g/mol. The van der Waals surface area contributed by atoms with Crippen molar-refractivity contribution in [2.24, 2.45) is 0 Å². The number of aliphatic hydroxyl groups excluding tert-OH is 1. The van der Waals surface area contributed by atoms with E-state index >= 15 is 0 Å². The van der Waals surface area contributed by atoms with E-state index in [1.54, 1.807) is 0 Å². The molecule has 13 heavy (non-hydrogen) atoms. The lowest BCUT2D eigenvalue weighted by atomic mass is 10.3. The van der Waals surface area contributed by atoms with Crippen molar-refractivity contribution in [3.05, 3.63) is 21.9 Å². The molecule has 0 aromatic carbocycles. The average Bonchev–Trinajstić information content (AvgIpc) is 2.50. The van der Waals surface area contributed by atoms with Crippen LogP contribution < -0.4 is 0 Å². The molecule has 0 bridgehead atoms. The van der Waals surface area contributed by atoms with E-state index in [1.807, 2.05) is 0 Å². The third kappa shape index (κ3) is 2.69. The van der Waals surface area contributed by atoms with Gasteiger partial charge in [0, 0.05) is 10.2 Å². The highest BCUT2D eigenvalue weighted by Crippen LogP contribution is 2.36. The normalized spacial score (nSPS) is 14.5. The predicted molar refractivity (Wildman–Crippen MR) is 48.1 cm³/mol. The van der Waals surface area contributed by atoms with Gasteiger partial charge in [0.05, 0.1) is 6.10 Å². The van der Waals surface area contributed by atoms with Crippen molar-refractivity contribution < 1.29 is 18.3 Å². The highest BCUT2D eigenvalue weighted by Gasteiger charge is 2.32. The molecule has 1 heterocycles. The van der Waals surface area contributed by atoms with Gasteiger partial charge in [-0.05, 0) is 12.1 Å². The van der Waals surface area contributed by atoms with Gasteiger partial charge in [-0.15, -0.1) is 11.3 Å². The Kier molecular flexibility index (Phi) is 3.37. The second kappa shape index (κ2) is 3.98. The predicted octanol–water partition coefficient (Wildman–Crippen LogP) is 3.20. The molecule has 1 nitrogen and oxygen atoms in total. The first-order valence-electron chi connectivity index (χ1n) is 3.36. The fraction of sp³-hybridized carbons (Fsp3) is 0.429. The Hall–Kier alpha value is -0.0700. The summed E-state index contributed by atoms with van der Waals surface area (Å²) in [6.07, 6.45) is -5.17. The number of rotatable bonds is 2. The van der Waals surface area contributed by atoms with Crippen LogP contribution in [0.2, 0.25) is 0 Å². The standard InChI is InChI=1S/C7H6BrF3OS/c8-3-4(12)5-1-2-6(13-5)7(9,10)11/h1-2,4,12H,3H2. The Balaban J connectivity index is 2.87. The Bertz CT molecular complexity index is 284. The van der Waals surface area contributed by atoms with Crippen LogP contribution in [-0.4, -0.2) is 10.4 Å². The third-order valence-electron chi connectivity index (χ3n) is 1.38. The van der Waals surface area contributed by atoms with Gasteiger partial charge in [-0.25, -0.2) is 0 Å². The van der Waals surface area contributed by atoms with Crippen molar-refractivity contribution in [2.45, 2.75) is 12.3 Å². The quantitative estimate of drug-likeness (QED) is 0.822. The van der Waals surface area contributed by atoms with Crippen LogP contribution in [-0.2, 0) is 6.18 Å². The number of alkyl halides is 4. The van der Waals surface area contributed by atoms with Crippen LogP contribution in [0.15, 0.2) is 12.1 Å². The van der Waals surface area contributed by atoms with Crippen LogP contribution >= 0.6 is 27.3 Å². The van der Waals surface area contributed by atoms with E-state index in [-0.39, 0.29) is 5.33 Å². The van der Waals surface area contributed by atoms with Crippen molar-refractivity contribution in [1.82, 2.24) is 0 Å². The van der Waals surface area contributed by atoms with E-state index in [0.29, 0.717) is 16.2 Å². The molecule has 0 saturated heterocycles. The van der Waals surface area contributed by atoms with E-state index in [2.05, 4.69) is 15.9 Å². The summed E-state index contributed by atoms with van der Waals surface area (Å²) >= 11 is 3.55. The molecule has 0 fully saturated rings. The molecule has 1 rings (SSSR count). The zero-order chi connectivity index (χ0) is 10.1. The van der Waals surface area contributed by atoms with E-state index < -0.39 is 17.2 Å². The van der Waals surface area contributed by atoms with Crippen LogP contribution in [0, 0.1) is 0 Å². The Morgan fingerprint density at radius 3 is 2.46 bits per heavy atom. The van der Waals surface area contributed by atoms with Crippen LogP contribution in [0.1, 0.15) is 15.9 Å². The minimum absolute atomic E-state index is 0.241. The van der Waals surface area contributed by atoms with Gasteiger partial charge in [0.25, 0.3) is 0 Å². The van der Waals surface area contributed by atoms with Gasteiger partial charge in [-0.1, -0.05) is 15.9 Å². The molecule has 74 valence electrons. The Morgan fingerprint density at radius 2 is 2.08 bits per heavy atom. The van der Waals surface area contributed by atoms with Gasteiger partial charge in [0.1, 0.15) is 4.88 Å². The molecule has 0 aliphatic carbocycles. The molecule has 6 heteroatoms. The van der Waals surface area contributed by atoms with Crippen molar-refractivity contribution in [3.8, 4) is 0 Å². The summed E-state index contributed by atoms with van der Waals surface area (Å²) in [5.74, 6) is 0. The summed E-state index contributed by atoms with van der Waals surface area (Å²) in [5.41, 5.74) is 0. The summed E-state index contributed by atoms with van der Waals surface area (Å²) in [6.45, 7) is 0. The number of hydrogen-bond acceptors (Lipinski definition) is 2. The van der Waals surface area contributed by atoms with Crippen LogP contribution in [0.25, 0.3) is 0 Å². The van der Waals surface area contributed by atoms with E-state index in [0.717, 1.165) is 6.07 Å². The number of thiophene rings is 1. The summed E-state index contributed by atoms with van der Waals surface area (Å²) in [6, 6.07) is 2.27. The highest BCUT2D eigenvalue weighted by molar-refractivity contribution is 9.09. The molecule has 0 saturated carbocycles. The van der Waals surface area contributed by atoms with Gasteiger partial charge in [-0.3, -0.25) is 0 Å². The SMILES string of the molecule is OC(CBr)c1ccc(C(F)(F)F)s1. The molecule has 0 aliphatic rings. The average molecular weight is 275 g/mol. The van der Waals surface area contributed by atoms with Gasteiger partial charge >= 0.3 is 6.18 Å². The topological polar surface area (TPSA) is 20.2 Å². The van der Waals surface area contributed by atoms with Gasteiger partial charge in [0.15, 0.2) is 0 Å². The zero-order valence-electron chi connectivity index (χ0n) is 6.31. The van der Waals surface area contributed by atoms with Crippen molar-refractivity contribution >= 4 is 27.3 Å². The first-order chi connectivity index (χ1) is 5.95. The third-order valence-corrected chi connectivity index (χ3v) is 3.23. The first-order valence-corrected chi connectivity index (χ1v) is 5.30. The maximum atomic E-state index is 12.1. The molecular formula is C7H6BrF3OS. The maximum absolute atomic E-state index is 12.1. The molecule has 1 aromatic heterocycles. The highest BCUT2D eigenvalue weighted by atomic mass is 79.9. The molecule has 0 amide bonds. The van der Waals surface area contributed by atoms with E-state index in [4.69, 9.17) is 0 Å². The second-order valence-corrected chi connectivity index (χ2v) is 4.13. The Morgan fingerprint density at radius 1 is 1.46 bits per heavy atom. The van der Waals surface area contributed by atoms with Crippen LogP contribution in [0.3, 0.4) is 0 Å². The fourth-order valence-corrected chi connectivity index (χ4v) is 2.18. The molecule has 1 N–H and O–H groups in total. The minimum Gasteiger partial charge on any atom is -0.387 e. The molecule has 0 aliphatic heterocycles. The molecule has 0 radical (unpaired) electrons. The molecule has 1 unspecified atom stereocenters. The maximum Gasteiger partial charge on any atom is 0.425 e. The lowest BCUT2D eigenvalue weighted by Crippen LogP contribution is -2.00. The number of hydrogen-bond donors (Lipinski definition) is 1. The van der Waals surface area contributed by atoms with Gasteiger partial charge in [-0.2, -0.15) is 13.2 Å². The number of halogens is 4. The first kappa shape index (κ1) is 11.0. The molecule has 0 spiro atoms. The number of aliphatic hydroxyl groups is 1. The van der Waals surface area contributed by atoms with Gasteiger partial charge < -0.3 is 5.11 Å². The zero-order valence-corrected chi connectivity index (χ0v) is 8.71. The minimum atomic E-state index is -4.31. The van der Waals surface area contributed by atoms with E-state index in [1.165, 1.54) is 6.07 Å². The summed E-state index contributed by atoms with van der Waals surface area (Å²) in [4.78, 5) is -0.355. The van der Waals surface area contributed by atoms with Crippen LogP contribution in [0.5, 0.6) is 0 Å². The second-order valence-electron chi connectivity index (χ2n) is 2.37. The van der Waals surface area contributed by atoms with Crippen LogP contribution in [0.4, 0.5) is 13.2 Å². The summed E-state index contributed by atoms with van der Waals surface area (Å²) < 4.78 is 36.3. The molecule has 1 atom stereocenters. The van der Waals surface area contributed by atoms with Crippen molar-refractivity contribution in [2.75, 3.05) is 5.33 Å². The smallest absolute Gasteiger partial charge is 0.387 e. The fourth-order valence-electron chi connectivity index (χ4n) is 0.760. The van der Waals surface area contributed by atoms with E-state index in [9.17, 15) is 18.3 Å². The lowest BCUT2D eigenvalue weighted by molar-refractivity contribution is -0.134. The Labute approximate surface area is 85.3 Å². The van der Waals surface area contributed by atoms with Crippen molar-refractivity contribution in [1.29, 1.82) is 0 Å². The molecule has 1 aromatic rings. The van der Waals surface area contributed by atoms with Gasteiger partial charge in [0.2, 0.25) is 0 Å². The van der Waals surface area contributed by atoms with Crippen molar-refractivity contribution in [3.63, 3.8) is 0 Å². The summed E-state index contributed by atoms with van der Waals surface area (Å²) in [5, 5.41) is 9.45.